The van der Waals surface area contributed by atoms with E-state index >= 15 is 0 Å². The smallest absolute Gasteiger partial charge is 0.0279 e. The van der Waals surface area contributed by atoms with Crippen molar-refractivity contribution in [3.63, 3.8) is 0 Å². The van der Waals surface area contributed by atoms with Crippen LogP contribution in [-0.4, -0.2) is 39.9 Å². The standard InChI is InChI=1S/4C18H14N.C12H10N.3C11H8N.4Ir/c1-14-12-18(16-10-6-3-7-11-16)19-13-17(14)15-8-4-2-5-9-15;1-14-7-12-18(19-13-14)17-10-8-16(9-11-17)15-5-3-2-4-6-15;2*1-14-11-12-19-18(13-14)17-9-7-16(8-10-17)15-5-3-2-4-6-15;1-10-6-5-9-12(13-10)11-7-3-2-4-8-11;3*1-2-6-10(7-3-1)11-8-4-5-9-12-11;;;;/h2*2-10,12-13H,1H3;2*2-9,11-13H,1H3;2-7,9H,1H3;3*1-6,8-9H;;;;/q8*-1;;;;/i;;1D3;;;;;;;;;. The Hall–Kier alpha value is -13.6. The Morgan fingerprint density at radius 2 is 0.527 bits per heavy atom. The number of rotatable bonds is 12. The molecule has 0 aliphatic carbocycles. The maximum absolute atomic E-state index is 7.47. The number of aryl methyl sites for hydroxylation is 5. The minimum atomic E-state index is -2.12. The molecule has 8 aromatic heterocycles. The Labute approximate surface area is 818 Å². The zero-order valence-corrected chi connectivity index (χ0v) is 80.8. The van der Waals surface area contributed by atoms with Crippen LogP contribution in [0.15, 0.2) is 456 Å². The average molecular weight is 2380 g/mol. The van der Waals surface area contributed by atoms with Crippen molar-refractivity contribution in [1.29, 1.82) is 0 Å². The quantitative estimate of drug-likeness (QED) is 0.111. The number of pyridine rings is 8. The fraction of sp³-hybridized carbons (Fsp3) is 0.0427. The molecule has 642 valence electrons. The van der Waals surface area contributed by atoms with Gasteiger partial charge in [-0.2, -0.15) is 0 Å². The van der Waals surface area contributed by atoms with Gasteiger partial charge in [-0.3, -0.25) is 0 Å². The number of hydrogen-bond donors (Lipinski definition) is 0. The molecule has 20 aromatic rings. The fourth-order valence-electron chi connectivity index (χ4n) is 12.7. The second kappa shape index (κ2) is 54.5. The summed E-state index contributed by atoms with van der Waals surface area (Å²) < 4.78 is 22.4. The summed E-state index contributed by atoms with van der Waals surface area (Å²) in [5.74, 6) is 0. The van der Waals surface area contributed by atoms with E-state index in [1.165, 1.54) is 62.3 Å². The molecule has 0 aliphatic heterocycles. The van der Waals surface area contributed by atoms with E-state index in [-0.39, 0.29) is 86.0 Å². The van der Waals surface area contributed by atoms with Gasteiger partial charge in [0.15, 0.2) is 0 Å². The molecule has 0 unspecified atom stereocenters. The van der Waals surface area contributed by atoms with E-state index in [0.717, 1.165) is 101 Å². The molecule has 0 amide bonds. The van der Waals surface area contributed by atoms with Crippen molar-refractivity contribution in [2.45, 2.75) is 34.5 Å². The molecule has 12 heteroatoms. The van der Waals surface area contributed by atoms with E-state index in [0.29, 0.717) is 5.69 Å². The predicted molar refractivity (Wildman–Crippen MR) is 514 cm³/mol. The van der Waals surface area contributed by atoms with Gasteiger partial charge >= 0.3 is 0 Å². The first kappa shape index (κ1) is 94.6. The van der Waals surface area contributed by atoms with Gasteiger partial charge in [0.25, 0.3) is 0 Å². The molecule has 8 nitrogen and oxygen atoms in total. The topological polar surface area (TPSA) is 103 Å². The first-order valence-electron chi connectivity index (χ1n) is 42.4. The van der Waals surface area contributed by atoms with Gasteiger partial charge in [-0.05, 0) is 133 Å². The van der Waals surface area contributed by atoms with E-state index in [9.17, 15) is 0 Å². The van der Waals surface area contributed by atoms with Gasteiger partial charge in [0, 0.05) is 139 Å². The second-order valence-electron chi connectivity index (χ2n) is 28.4. The van der Waals surface area contributed by atoms with Crippen molar-refractivity contribution in [2.24, 2.45) is 0 Å². The predicted octanol–water partition coefficient (Wildman–Crippen LogP) is 28.6. The Morgan fingerprint density at radius 3 is 0.868 bits per heavy atom. The number of nitrogens with zero attached hydrogens (tertiary/aromatic N) is 8. The van der Waals surface area contributed by atoms with Crippen molar-refractivity contribution >= 4 is 0 Å². The molecule has 0 fully saturated rings. The molecule has 0 aliphatic rings. The Bertz CT molecular complexity index is 6320. The van der Waals surface area contributed by atoms with E-state index in [4.69, 9.17) is 4.11 Å². The van der Waals surface area contributed by atoms with Gasteiger partial charge in [0.1, 0.15) is 0 Å². The van der Waals surface area contributed by atoms with Gasteiger partial charge in [-0.15, -0.1) is 269 Å². The molecule has 12 aromatic carbocycles. The van der Waals surface area contributed by atoms with E-state index in [1.807, 2.05) is 354 Å². The molecule has 4 radical (unpaired) electrons. The number of aromatic nitrogens is 8. The van der Waals surface area contributed by atoms with Gasteiger partial charge in [0.2, 0.25) is 0 Å². The zero-order valence-electron chi connectivity index (χ0n) is 74.2. The molecule has 0 spiro atoms. The third-order valence-corrected chi connectivity index (χ3v) is 19.2. The van der Waals surface area contributed by atoms with Crippen molar-refractivity contribution in [1.82, 2.24) is 39.9 Å². The normalized spacial score (nSPS) is 10.2. The van der Waals surface area contributed by atoms with Crippen molar-refractivity contribution < 1.29 is 84.5 Å². The molecule has 0 saturated heterocycles. The summed E-state index contributed by atoms with van der Waals surface area (Å²) in [7, 11) is 0. The van der Waals surface area contributed by atoms with Crippen LogP contribution in [0.2, 0.25) is 0 Å². The summed E-state index contributed by atoms with van der Waals surface area (Å²) >= 11 is 0. The van der Waals surface area contributed by atoms with Crippen molar-refractivity contribution in [3.8, 4) is 135 Å². The van der Waals surface area contributed by atoms with Crippen LogP contribution in [-0.2, 0) is 80.4 Å². The van der Waals surface area contributed by atoms with Gasteiger partial charge < -0.3 is 39.9 Å². The van der Waals surface area contributed by atoms with Crippen LogP contribution >= 0.6 is 0 Å². The maximum atomic E-state index is 7.47. The Morgan fingerprint density at radius 1 is 0.209 bits per heavy atom. The van der Waals surface area contributed by atoms with Crippen LogP contribution in [0.1, 0.15) is 32.1 Å². The largest absolute Gasteiger partial charge is 0.305 e. The van der Waals surface area contributed by atoms with Gasteiger partial charge in [-0.1, -0.05) is 245 Å². The second-order valence-corrected chi connectivity index (χ2v) is 28.4. The first-order valence-corrected chi connectivity index (χ1v) is 40.9. The summed E-state index contributed by atoms with van der Waals surface area (Å²) in [5, 5.41) is 0. The van der Waals surface area contributed by atoms with Crippen molar-refractivity contribution in [3.05, 3.63) is 532 Å². The molecular weight excluding hydrogens is 2290 g/mol. The van der Waals surface area contributed by atoms with Crippen LogP contribution < -0.4 is 0 Å². The monoisotopic (exact) mass is 2380 g/mol. The summed E-state index contributed by atoms with van der Waals surface area (Å²) in [5.41, 5.74) is 29.8. The molecular formula is C117H90Ir4N8-8. The minimum Gasteiger partial charge on any atom is -0.305 e. The van der Waals surface area contributed by atoms with E-state index in [2.05, 4.69) is 181 Å². The number of benzene rings is 12. The molecule has 0 N–H and O–H groups in total. The van der Waals surface area contributed by atoms with Crippen LogP contribution in [0.25, 0.3) is 135 Å². The zero-order chi connectivity index (χ0) is 88.6. The summed E-state index contributed by atoms with van der Waals surface area (Å²) in [6.45, 7) is 6.10. The third kappa shape index (κ3) is 31.8. The summed E-state index contributed by atoms with van der Waals surface area (Å²) in [6, 6.07) is 161. The molecule has 0 bridgehead atoms. The average Bonchev–Trinajstić information content (AvgIpc) is 0.827. The SMILES string of the molecule is Cc1cc(-c2[c-]cccc2)ncc1-c1ccccc1.Cc1ccc(-c2[c-]cc(-c3ccccc3)cc2)nc1.Cc1cccc(-c2[c-]cccc2)n1.Cc1ccnc(-c2[c-]cc(-c3ccccc3)cc2)c1.[2H]C([2H])([2H])c1ccnc(-c2[c-]cc(-c3ccccc3)cc2)c1.[Ir].[Ir].[Ir].[Ir].[c-]1ccccc1-c1ccccn1.[c-]1ccccc1-c1ccccn1.[c-]1ccccc1-c1ccccn1. The Kier molecular flexibility index (Phi) is 39.9. The van der Waals surface area contributed by atoms with Crippen LogP contribution in [0.5, 0.6) is 0 Å². The molecule has 129 heavy (non-hydrogen) atoms. The molecule has 20 rings (SSSR count). The fourth-order valence-corrected chi connectivity index (χ4v) is 12.7. The number of hydrogen-bond acceptors (Lipinski definition) is 8. The summed E-state index contributed by atoms with van der Waals surface area (Å²) in [6.07, 6.45) is 12.6. The summed E-state index contributed by atoms with van der Waals surface area (Å²) in [4.78, 5) is 34.7. The maximum Gasteiger partial charge on any atom is 0.0279 e. The van der Waals surface area contributed by atoms with Crippen LogP contribution in [0.4, 0.5) is 0 Å². The molecule has 0 saturated carbocycles. The molecule has 0 atom stereocenters. The van der Waals surface area contributed by atoms with Crippen LogP contribution in [0.3, 0.4) is 0 Å². The van der Waals surface area contributed by atoms with Gasteiger partial charge in [-0.25, -0.2) is 0 Å². The minimum absolute atomic E-state index is 0. The van der Waals surface area contributed by atoms with Crippen molar-refractivity contribution in [2.75, 3.05) is 0 Å². The van der Waals surface area contributed by atoms with E-state index in [1.54, 1.807) is 24.7 Å². The van der Waals surface area contributed by atoms with Crippen LogP contribution in [0, 0.1) is 83.1 Å². The van der Waals surface area contributed by atoms with E-state index < -0.39 is 6.85 Å². The third-order valence-electron chi connectivity index (χ3n) is 19.2. The first-order chi connectivity index (χ1) is 62.8. The molecule has 8 heterocycles. The van der Waals surface area contributed by atoms with Gasteiger partial charge in [0.05, 0.1) is 0 Å². The Balaban J connectivity index is 0.000000171.